The maximum atomic E-state index is 6.25. The first kappa shape index (κ1) is 16.1. The number of hydrogen-bond donors (Lipinski definition) is 1. The Hall–Kier alpha value is -0.320. The van der Waals surface area contributed by atoms with E-state index in [0.717, 1.165) is 48.4 Å². The summed E-state index contributed by atoms with van der Waals surface area (Å²) in [5, 5.41) is 4.99. The highest BCUT2D eigenvalue weighted by Crippen LogP contribution is 2.25. The molecule has 1 aliphatic rings. The third-order valence-electron chi connectivity index (χ3n) is 3.74. The quantitative estimate of drug-likeness (QED) is 0.782. The van der Waals surface area contributed by atoms with Crippen molar-refractivity contribution in [2.24, 2.45) is 0 Å². The van der Waals surface area contributed by atoms with Gasteiger partial charge in [0, 0.05) is 42.8 Å². The summed E-state index contributed by atoms with van der Waals surface area (Å²) in [6.45, 7) is 4.66. The average molecular weight is 317 g/mol. The minimum atomic E-state index is 0.571. The molecule has 0 aliphatic carbocycles. The minimum absolute atomic E-state index is 0.571. The lowest BCUT2D eigenvalue weighted by atomic mass is 10.1. The van der Waals surface area contributed by atoms with Crippen molar-refractivity contribution in [1.82, 2.24) is 10.2 Å². The normalized spacial score (nSPS) is 19.6. The second-order valence-corrected chi connectivity index (χ2v) is 6.04. The molecule has 20 heavy (non-hydrogen) atoms. The maximum absolute atomic E-state index is 6.25. The molecular weight excluding hydrogens is 295 g/mol. The molecule has 0 radical (unpaired) electrons. The molecule has 1 aromatic carbocycles. The van der Waals surface area contributed by atoms with E-state index in [1.54, 1.807) is 7.11 Å². The summed E-state index contributed by atoms with van der Waals surface area (Å²) in [5.41, 5.74) is 1.11. The first-order chi connectivity index (χ1) is 9.70. The van der Waals surface area contributed by atoms with Gasteiger partial charge in [-0.1, -0.05) is 23.2 Å². The molecule has 1 aromatic rings. The van der Waals surface area contributed by atoms with Crippen LogP contribution in [0.2, 0.25) is 10.0 Å². The van der Waals surface area contributed by atoms with Gasteiger partial charge >= 0.3 is 0 Å². The maximum Gasteiger partial charge on any atom is 0.0587 e. The monoisotopic (exact) mass is 316 g/mol. The molecule has 0 amide bonds. The zero-order valence-corrected chi connectivity index (χ0v) is 13.4. The Morgan fingerprint density at radius 3 is 3.05 bits per heavy atom. The predicted molar refractivity (Wildman–Crippen MR) is 84.6 cm³/mol. The smallest absolute Gasteiger partial charge is 0.0587 e. The van der Waals surface area contributed by atoms with Crippen molar-refractivity contribution in [3.63, 3.8) is 0 Å². The molecule has 0 bridgehead atoms. The fraction of sp³-hybridized carbons (Fsp3) is 0.600. The fourth-order valence-electron chi connectivity index (χ4n) is 2.66. The molecule has 0 spiro atoms. The second kappa shape index (κ2) is 8.20. The summed E-state index contributed by atoms with van der Waals surface area (Å²) in [6.07, 6.45) is 2.48. The molecule has 1 N–H and O–H groups in total. The van der Waals surface area contributed by atoms with E-state index in [1.807, 2.05) is 18.2 Å². The van der Waals surface area contributed by atoms with Crippen molar-refractivity contribution < 1.29 is 4.74 Å². The topological polar surface area (TPSA) is 24.5 Å². The molecule has 0 aromatic heterocycles. The van der Waals surface area contributed by atoms with Crippen LogP contribution in [0.4, 0.5) is 0 Å². The fourth-order valence-corrected chi connectivity index (χ4v) is 3.03. The molecule has 1 heterocycles. The number of rotatable bonds is 7. The molecule has 1 aliphatic heterocycles. The van der Waals surface area contributed by atoms with Crippen LogP contribution in [0.1, 0.15) is 18.4 Å². The lowest BCUT2D eigenvalue weighted by Gasteiger charge is -2.25. The van der Waals surface area contributed by atoms with Gasteiger partial charge in [-0.3, -0.25) is 4.90 Å². The zero-order valence-electron chi connectivity index (χ0n) is 11.9. The molecule has 1 atom stereocenters. The summed E-state index contributed by atoms with van der Waals surface area (Å²) in [6, 6.07) is 6.25. The number of ether oxygens (including phenoxy) is 1. The molecule has 5 heteroatoms. The predicted octanol–water partition coefficient (Wildman–Crippen LogP) is 3.19. The first-order valence-electron chi connectivity index (χ1n) is 7.08. The van der Waals surface area contributed by atoms with E-state index < -0.39 is 0 Å². The lowest BCUT2D eigenvalue weighted by molar-refractivity contribution is 0.191. The van der Waals surface area contributed by atoms with Gasteiger partial charge in [-0.2, -0.15) is 0 Å². The van der Waals surface area contributed by atoms with Crippen molar-refractivity contribution in [1.29, 1.82) is 0 Å². The van der Waals surface area contributed by atoms with Gasteiger partial charge in [0.05, 0.1) is 6.61 Å². The number of nitrogens with zero attached hydrogens (tertiary/aromatic N) is 1. The molecule has 1 unspecified atom stereocenters. The number of hydrogen-bond acceptors (Lipinski definition) is 3. The van der Waals surface area contributed by atoms with E-state index in [0.29, 0.717) is 6.04 Å². The van der Waals surface area contributed by atoms with Crippen LogP contribution in [0.3, 0.4) is 0 Å². The van der Waals surface area contributed by atoms with Crippen LogP contribution in [-0.2, 0) is 11.3 Å². The largest absolute Gasteiger partial charge is 0.383 e. The number of benzene rings is 1. The van der Waals surface area contributed by atoms with Crippen LogP contribution in [0.25, 0.3) is 0 Å². The Kier molecular flexibility index (Phi) is 6.59. The van der Waals surface area contributed by atoms with Gasteiger partial charge in [0.1, 0.15) is 0 Å². The second-order valence-electron chi connectivity index (χ2n) is 5.20. The first-order valence-corrected chi connectivity index (χ1v) is 7.84. The van der Waals surface area contributed by atoms with Gasteiger partial charge in [-0.25, -0.2) is 0 Å². The Morgan fingerprint density at radius 1 is 1.40 bits per heavy atom. The number of likely N-dealkylation sites (tertiary alicyclic amines) is 1. The van der Waals surface area contributed by atoms with Gasteiger partial charge < -0.3 is 10.1 Å². The van der Waals surface area contributed by atoms with Gasteiger partial charge in [0.2, 0.25) is 0 Å². The van der Waals surface area contributed by atoms with Crippen LogP contribution >= 0.6 is 23.2 Å². The van der Waals surface area contributed by atoms with Gasteiger partial charge in [0.25, 0.3) is 0 Å². The highest BCUT2D eigenvalue weighted by atomic mass is 35.5. The van der Waals surface area contributed by atoms with E-state index in [9.17, 15) is 0 Å². The number of methoxy groups -OCH3 is 1. The van der Waals surface area contributed by atoms with Crippen molar-refractivity contribution in [3.05, 3.63) is 33.8 Å². The Morgan fingerprint density at radius 2 is 2.25 bits per heavy atom. The van der Waals surface area contributed by atoms with Crippen molar-refractivity contribution in [2.45, 2.75) is 25.4 Å². The van der Waals surface area contributed by atoms with Crippen LogP contribution in [0, 0.1) is 0 Å². The summed E-state index contributed by atoms with van der Waals surface area (Å²) in [4.78, 5) is 2.48. The van der Waals surface area contributed by atoms with Crippen molar-refractivity contribution in [2.75, 3.05) is 33.4 Å². The summed E-state index contributed by atoms with van der Waals surface area (Å²) in [5.74, 6) is 0. The molecule has 3 nitrogen and oxygen atoms in total. The van der Waals surface area contributed by atoms with Crippen LogP contribution in [-0.4, -0.2) is 44.3 Å². The van der Waals surface area contributed by atoms with E-state index >= 15 is 0 Å². The Balaban J connectivity index is 1.88. The van der Waals surface area contributed by atoms with Gasteiger partial charge in [0.15, 0.2) is 0 Å². The Labute approximate surface area is 131 Å². The van der Waals surface area contributed by atoms with Crippen molar-refractivity contribution in [3.8, 4) is 0 Å². The summed E-state index contributed by atoms with van der Waals surface area (Å²) in [7, 11) is 1.73. The molecule has 1 fully saturated rings. The molecular formula is C15H22Cl2N2O. The standard InChI is InChI=1S/C15H22Cl2N2O/c1-20-8-6-18-10-14-3-2-7-19(14)11-12-9-13(16)4-5-15(12)17/h4-5,9,14,18H,2-3,6-8,10-11H2,1H3. The lowest BCUT2D eigenvalue weighted by Crippen LogP contribution is -2.38. The van der Waals surface area contributed by atoms with E-state index in [4.69, 9.17) is 27.9 Å². The van der Waals surface area contributed by atoms with Gasteiger partial charge in [-0.05, 0) is 43.1 Å². The molecule has 1 saturated heterocycles. The van der Waals surface area contributed by atoms with E-state index in [1.165, 1.54) is 12.8 Å². The molecule has 112 valence electrons. The van der Waals surface area contributed by atoms with Crippen molar-refractivity contribution >= 4 is 23.2 Å². The van der Waals surface area contributed by atoms with Crippen LogP contribution in [0.15, 0.2) is 18.2 Å². The summed E-state index contributed by atoms with van der Waals surface area (Å²) >= 11 is 12.3. The zero-order chi connectivity index (χ0) is 14.4. The Bertz CT molecular complexity index is 428. The number of nitrogens with one attached hydrogen (secondary N) is 1. The van der Waals surface area contributed by atoms with Crippen LogP contribution in [0.5, 0.6) is 0 Å². The highest BCUT2D eigenvalue weighted by molar-refractivity contribution is 6.33. The molecule has 2 rings (SSSR count). The third kappa shape index (κ3) is 4.61. The van der Waals surface area contributed by atoms with E-state index in [2.05, 4.69) is 10.2 Å². The minimum Gasteiger partial charge on any atom is -0.383 e. The average Bonchev–Trinajstić information content (AvgIpc) is 2.86. The SMILES string of the molecule is COCCNCC1CCCN1Cc1cc(Cl)ccc1Cl. The van der Waals surface area contributed by atoms with E-state index in [-0.39, 0.29) is 0 Å². The van der Waals surface area contributed by atoms with Gasteiger partial charge in [-0.15, -0.1) is 0 Å². The molecule has 0 saturated carbocycles. The summed E-state index contributed by atoms with van der Waals surface area (Å²) < 4.78 is 5.05. The number of halogens is 2. The highest BCUT2D eigenvalue weighted by Gasteiger charge is 2.24. The van der Waals surface area contributed by atoms with Crippen LogP contribution < -0.4 is 5.32 Å². The third-order valence-corrected chi connectivity index (χ3v) is 4.35.